The van der Waals surface area contributed by atoms with Crippen LogP contribution in [0.4, 0.5) is 20.9 Å². The van der Waals surface area contributed by atoms with E-state index >= 15 is 0 Å². The van der Waals surface area contributed by atoms with Gasteiger partial charge in [0.15, 0.2) is 5.13 Å². The third kappa shape index (κ3) is 4.13. The van der Waals surface area contributed by atoms with Crippen LogP contribution in [-0.4, -0.2) is 18.0 Å². The SMILES string of the molecule is COc1ccc(C)cc1Nc1nc(C(=O)Nc2cccc(F)c2)cs1. The molecule has 1 aromatic heterocycles. The first kappa shape index (κ1) is 16.9. The molecule has 1 amide bonds. The van der Waals surface area contributed by atoms with Gasteiger partial charge in [-0.05, 0) is 42.8 Å². The molecule has 0 saturated carbocycles. The largest absolute Gasteiger partial charge is 0.495 e. The maximum atomic E-state index is 13.2. The standard InChI is InChI=1S/C18H16FN3O2S/c1-11-6-7-16(24-2)14(8-11)21-18-22-15(10-25-18)17(23)20-13-5-3-4-12(19)9-13/h3-10H,1-2H3,(H,20,23)(H,21,22). The zero-order valence-corrected chi connectivity index (χ0v) is 14.5. The van der Waals surface area contributed by atoms with E-state index in [2.05, 4.69) is 15.6 Å². The van der Waals surface area contributed by atoms with Gasteiger partial charge in [0, 0.05) is 11.1 Å². The van der Waals surface area contributed by atoms with Crippen LogP contribution in [0.2, 0.25) is 0 Å². The lowest BCUT2D eigenvalue weighted by atomic mass is 10.2. The van der Waals surface area contributed by atoms with Gasteiger partial charge >= 0.3 is 0 Å². The molecule has 0 aliphatic carbocycles. The topological polar surface area (TPSA) is 63.2 Å². The number of ether oxygens (including phenoxy) is 1. The number of methoxy groups -OCH3 is 1. The van der Waals surface area contributed by atoms with Crippen LogP contribution < -0.4 is 15.4 Å². The van der Waals surface area contributed by atoms with Gasteiger partial charge in [0.2, 0.25) is 0 Å². The quantitative estimate of drug-likeness (QED) is 0.701. The molecule has 0 radical (unpaired) electrons. The first-order valence-corrected chi connectivity index (χ1v) is 8.37. The number of nitrogens with zero attached hydrogens (tertiary/aromatic N) is 1. The van der Waals surface area contributed by atoms with Crippen LogP contribution in [0, 0.1) is 12.7 Å². The van der Waals surface area contributed by atoms with E-state index in [0.717, 1.165) is 11.3 Å². The lowest BCUT2D eigenvalue weighted by molar-refractivity contribution is 0.102. The number of hydrogen-bond acceptors (Lipinski definition) is 5. The summed E-state index contributed by atoms with van der Waals surface area (Å²) in [6.07, 6.45) is 0. The Morgan fingerprint density at radius 3 is 2.84 bits per heavy atom. The fraction of sp³-hybridized carbons (Fsp3) is 0.111. The number of aryl methyl sites for hydroxylation is 1. The molecule has 25 heavy (non-hydrogen) atoms. The second-order valence-corrected chi connectivity index (χ2v) is 6.19. The highest BCUT2D eigenvalue weighted by molar-refractivity contribution is 7.14. The number of halogens is 1. The summed E-state index contributed by atoms with van der Waals surface area (Å²) in [6.45, 7) is 1.98. The van der Waals surface area contributed by atoms with E-state index in [4.69, 9.17) is 4.74 Å². The number of nitrogens with one attached hydrogen (secondary N) is 2. The number of rotatable bonds is 5. The molecule has 0 atom stereocenters. The monoisotopic (exact) mass is 357 g/mol. The van der Waals surface area contributed by atoms with Gasteiger partial charge in [-0.1, -0.05) is 12.1 Å². The van der Waals surface area contributed by atoms with Crippen molar-refractivity contribution >= 4 is 33.8 Å². The van der Waals surface area contributed by atoms with Gasteiger partial charge in [-0.25, -0.2) is 9.37 Å². The Kier molecular flexibility index (Phi) is 4.95. The molecule has 128 valence electrons. The molecule has 0 aliphatic rings. The van der Waals surface area contributed by atoms with E-state index in [1.165, 1.54) is 29.5 Å². The fourth-order valence-electron chi connectivity index (χ4n) is 2.23. The average Bonchev–Trinajstić information content (AvgIpc) is 3.04. The van der Waals surface area contributed by atoms with Crippen LogP contribution in [0.3, 0.4) is 0 Å². The molecule has 5 nitrogen and oxygen atoms in total. The molecule has 3 rings (SSSR count). The lowest BCUT2D eigenvalue weighted by Crippen LogP contribution is -2.12. The van der Waals surface area contributed by atoms with Crippen LogP contribution in [0.25, 0.3) is 0 Å². The molecule has 2 aromatic carbocycles. The molecule has 3 aromatic rings. The van der Waals surface area contributed by atoms with Crippen LogP contribution in [0.5, 0.6) is 5.75 Å². The number of aromatic nitrogens is 1. The Morgan fingerprint density at radius 1 is 1.24 bits per heavy atom. The predicted octanol–water partition coefficient (Wildman–Crippen LogP) is 4.60. The van der Waals surface area contributed by atoms with E-state index in [9.17, 15) is 9.18 Å². The van der Waals surface area contributed by atoms with E-state index in [1.807, 2.05) is 25.1 Å². The Bertz CT molecular complexity index is 911. The van der Waals surface area contributed by atoms with Gasteiger partial charge in [-0.15, -0.1) is 11.3 Å². The first-order valence-electron chi connectivity index (χ1n) is 7.49. The molecule has 7 heteroatoms. The van der Waals surface area contributed by atoms with Crippen molar-refractivity contribution in [2.75, 3.05) is 17.7 Å². The third-order valence-electron chi connectivity index (χ3n) is 3.42. The van der Waals surface area contributed by atoms with Gasteiger partial charge in [-0.2, -0.15) is 0 Å². The normalized spacial score (nSPS) is 10.4. The molecule has 2 N–H and O–H groups in total. The summed E-state index contributed by atoms with van der Waals surface area (Å²) >= 11 is 1.30. The minimum atomic E-state index is -0.412. The number of amides is 1. The van der Waals surface area contributed by atoms with Crippen molar-refractivity contribution in [1.82, 2.24) is 4.98 Å². The van der Waals surface area contributed by atoms with Gasteiger partial charge in [0.1, 0.15) is 17.3 Å². The Morgan fingerprint density at radius 2 is 2.08 bits per heavy atom. The molecule has 0 fully saturated rings. The highest BCUT2D eigenvalue weighted by Crippen LogP contribution is 2.30. The molecule has 0 aliphatic heterocycles. The Balaban J connectivity index is 1.74. The van der Waals surface area contributed by atoms with E-state index in [1.54, 1.807) is 18.6 Å². The first-order chi connectivity index (χ1) is 12.0. The summed E-state index contributed by atoms with van der Waals surface area (Å²) in [5.74, 6) is -0.123. The van der Waals surface area contributed by atoms with Crippen LogP contribution in [0.1, 0.15) is 16.1 Å². The number of carbonyl (C=O) groups is 1. The second-order valence-electron chi connectivity index (χ2n) is 5.33. The van der Waals surface area contributed by atoms with Crippen molar-refractivity contribution in [2.24, 2.45) is 0 Å². The number of anilines is 3. The maximum absolute atomic E-state index is 13.2. The van der Waals surface area contributed by atoms with Crippen molar-refractivity contribution < 1.29 is 13.9 Å². The number of thiazole rings is 1. The molecule has 0 spiro atoms. The lowest BCUT2D eigenvalue weighted by Gasteiger charge is -2.09. The Labute approximate surface area is 148 Å². The number of carbonyl (C=O) groups excluding carboxylic acids is 1. The van der Waals surface area contributed by atoms with Gasteiger partial charge in [-0.3, -0.25) is 4.79 Å². The van der Waals surface area contributed by atoms with E-state index in [-0.39, 0.29) is 5.69 Å². The highest BCUT2D eigenvalue weighted by Gasteiger charge is 2.13. The number of hydrogen-bond donors (Lipinski definition) is 2. The summed E-state index contributed by atoms with van der Waals surface area (Å²) in [5.41, 5.74) is 2.48. The molecule has 0 unspecified atom stereocenters. The summed E-state index contributed by atoms with van der Waals surface area (Å²) < 4.78 is 18.5. The number of benzene rings is 2. The van der Waals surface area contributed by atoms with Gasteiger partial charge in [0.25, 0.3) is 5.91 Å². The predicted molar refractivity (Wildman–Crippen MR) is 97.5 cm³/mol. The van der Waals surface area contributed by atoms with Crippen molar-refractivity contribution in [2.45, 2.75) is 6.92 Å². The van der Waals surface area contributed by atoms with E-state index in [0.29, 0.717) is 16.6 Å². The summed E-state index contributed by atoms with van der Waals surface area (Å²) in [5, 5.41) is 7.98. The molecule has 0 bridgehead atoms. The minimum Gasteiger partial charge on any atom is -0.495 e. The molecule has 0 saturated heterocycles. The molecular formula is C18H16FN3O2S. The third-order valence-corrected chi connectivity index (χ3v) is 4.17. The minimum absolute atomic E-state index is 0.253. The van der Waals surface area contributed by atoms with Crippen LogP contribution in [-0.2, 0) is 0 Å². The van der Waals surface area contributed by atoms with Crippen LogP contribution >= 0.6 is 11.3 Å². The van der Waals surface area contributed by atoms with Crippen molar-refractivity contribution in [3.8, 4) is 5.75 Å². The highest BCUT2D eigenvalue weighted by atomic mass is 32.1. The van der Waals surface area contributed by atoms with Crippen LogP contribution in [0.15, 0.2) is 47.8 Å². The maximum Gasteiger partial charge on any atom is 0.275 e. The smallest absolute Gasteiger partial charge is 0.275 e. The molecule has 1 heterocycles. The van der Waals surface area contributed by atoms with Gasteiger partial charge in [0.05, 0.1) is 12.8 Å². The zero-order valence-electron chi connectivity index (χ0n) is 13.7. The van der Waals surface area contributed by atoms with Gasteiger partial charge < -0.3 is 15.4 Å². The zero-order chi connectivity index (χ0) is 17.8. The van der Waals surface area contributed by atoms with Crippen molar-refractivity contribution in [3.63, 3.8) is 0 Å². The van der Waals surface area contributed by atoms with Crippen molar-refractivity contribution in [3.05, 3.63) is 64.9 Å². The summed E-state index contributed by atoms with van der Waals surface area (Å²) in [4.78, 5) is 16.5. The second kappa shape index (κ2) is 7.31. The van der Waals surface area contributed by atoms with E-state index < -0.39 is 11.7 Å². The average molecular weight is 357 g/mol. The summed E-state index contributed by atoms with van der Waals surface area (Å²) in [7, 11) is 1.59. The molecular weight excluding hydrogens is 341 g/mol. The summed E-state index contributed by atoms with van der Waals surface area (Å²) in [6, 6.07) is 11.5. The fourth-order valence-corrected chi connectivity index (χ4v) is 2.93. The van der Waals surface area contributed by atoms with Crippen molar-refractivity contribution in [1.29, 1.82) is 0 Å². The Hall–Kier alpha value is -2.93.